The van der Waals surface area contributed by atoms with Crippen LogP contribution >= 0.6 is 45.3 Å². The van der Waals surface area contributed by atoms with Crippen LogP contribution in [0.15, 0.2) is 60.7 Å². The number of aromatic nitrogens is 4. The SMILES string of the molecule is O=C(Cc1cc2ccccc2s1)Nc1nnc(CCCCc2nnc(NC(=O)Cc3cc4ccccc4s3)s2)s1. The zero-order valence-corrected chi connectivity index (χ0v) is 24.5. The summed E-state index contributed by atoms with van der Waals surface area (Å²) in [6, 6.07) is 20.4. The van der Waals surface area contributed by atoms with Gasteiger partial charge in [-0.3, -0.25) is 9.59 Å². The maximum absolute atomic E-state index is 12.5. The highest BCUT2D eigenvalue weighted by molar-refractivity contribution is 7.19. The molecule has 0 aliphatic rings. The topological polar surface area (TPSA) is 110 Å². The second-order valence-electron chi connectivity index (χ2n) is 9.16. The Morgan fingerprint density at radius 2 is 1.05 bits per heavy atom. The number of fused-ring (bicyclic) bond motifs is 2. The smallest absolute Gasteiger partial charge is 0.231 e. The van der Waals surface area contributed by atoms with Gasteiger partial charge in [-0.2, -0.15) is 0 Å². The molecule has 12 heteroatoms. The van der Waals surface area contributed by atoms with E-state index in [1.807, 2.05) is 24.3 Å². The van der Waals surface area contributed by atoms with Crippen molar-refractivity contribution in [1.82, 2.24) is 20.4 Å². The number of anilines is 2. The van der Waals surface area contributed by atoms with Gasteiger partial charge < -0.3 is 10.6 Å². The molecular formula is C28H24N6O2S4. The summed E-state index contributed by atoms with van der Waals surface area (Å²) in [5, 5.41) is 27.6. The first-order valence-corrected chi connectivity index (χ1v) is 16.0. The molecule has 40 heavy (non-hydrogen) atoms. The third-order valence-corrected chi connectivity index (χ3v) is 10.1. The van der Waals surface area contributed by atoms with Gasteiger partial charge in [-0.25, -0.2) is 0 Å². The molecule has 202 valence electrons. The van der Waals surface area contributed by atoms with Crippen LogP contribution in [0, 0.1) is 0 Å². The molecule has 0 radical (unpaired) electrons. The van der Waals surface area contributed by atoms with Crippen molar-refractivity contribution in [2.45, 2.75) is 38.5 Å². The molecule has 4 heterocycles. The quantitative estimate of drug-likeness (QED) is 0.158. The first kappa shape index (κ1) is 26.6. The molecule has 0 aliphatic heterocycles. The van der Waals surface area contributed by atoms with Crippen molar-refractivity contribution >= 4 is 87.6 Å². The van der Waals surface area contributed by atoms with Crippen LogP contribution in [-0.4, -0.2) is 32.2 Å². The average molecular weight is 605 g/mol. The molecule has 0 saturated heterocycles. The Kier molecular flexibility index (Phi) is 8.19. The van der Waals surface area contributed by atoms with Crippen molar-refractivity contribution in [2.75, 3.05) is 10.6 Å². The standard InChI is InChI=1S/C28H24N6O2S4/c35-23(15-19-13-17-7-1-3-9-21(17)37-19)29-27-33-31-25(39-27)11-5-6-12-26-32-34-28(40-26)30-24(36)16-20-14-18-8-2-4-10-22(18)38-20/h1-4,7-10,13-14H,5-6,11-12,15-16H2,(H,29,33,35)(H,30,34,36). The van der Waals surface area contributed by atoms with E-state index in [0.29, 0.717) is 23.1 Å². The molecule has 0 bridgehead atoms. The number of nitrogens with zero attached hydrogens (tertiary/aromatic N) is 4. The largest absolute Gasteiger partial charge is 0.300 e. The van der Waals surface area contributed by atoms with Gasteiger partial charge in [0.2, 0.25) is 22.1 Å². The molecule has 6 aromatic rings. The van der Waals surface area contributed by atoms with Gasteiger partial charge in [0.05, 0.1) is 12.8 Å². The molecule has 0 unspecified atom stereocenters. The number of nitrogens with one attached hydrogen (secondary N) is 2. The van der Waals surface area contributed by atoms with E-state index in [-0.39, 0.29) is 11.8 Å². The zero-order chi connectivity index (χ0) is 27.3. The average Bonchev–Trinajstić information content (AvgIpc) is 3.73. The Bertz CT molecular complexity index is 1590. The summed E-state index contributed by atoms with van der Waals surface area (Å²) in [6.45, 7) is 0. The van der Waals surface area contributed by atoms with E-state index in [4.69, 9.17) is 0 Å². The lowest BCUT2D eigenvalue weighted by molar-refractivity contribution is -0.116. The molecule has 6 rings (SSSR count). The number of thiophene rings is 2. The highest BCUT2D eigenvalue weighted by Crippen LogP contribution is 2.27. The van der Waals surface area contributed by atoms with Gasteiger partial charge in [0.1, 0.15) is 10.0 Å². The third kappa shape index (κ3) is 6.76. The molecule has 2 amide bonds. The van der Waals surface area contributed by atoms with Crippen LogP contribution in [-0.2, 0) is 35.3 Å². The van der Waals surface area contributed by atoms with Gasteiger partial charge >= 0.3 is 0 Å². The van der Waals surface area contributed by atoms with Crippen LogP contribution < -0.4 is 10.6 Å². The number of amides is 2. The third-order valence-electron chi connectivity index (χ3n) is 6.08. The minimum Gasteiger partial charge on any atom is -0.300 e. The lowest BCUT2D eigenvalue weighted by Crippen LogP contribution is -2.13. The van der Waals surface area contributed by atoms with E-state index in [1.165, 1.54) is 32.1 Å². The van der Waals surface area contributed by atoms with E-state index in [2.05, 4.69) is 67.4 Å². The monoisotopic (exact) mass is 604 g/mol. The van der Waals surface area contributed by atoms with Crippen molar-refractivity contribution < 1.29 is 9.59 Å². The molecule has 0 aliphatic carbocycles. The number of hydrogen-bond acceptors (Lipinski definition) is 10. The Morgan fingerprint density at radius 3 is 1.50 bits per heavy atom. The summed E-state index contributed by atoms with van der Waals surface area (Å²) in [4.78, 5) is 27.0. The van der Waals surface area contributed by atoms with E-state index >= 15 is 0 Å². The first-order valence-electron chi connectivity index (χ1n) is 12.8. The molecule has 0 fully saturated rings. The number of aryl methyl sites for hydroxylation is 2. The molecular weight excluding hydrogens is 581 g/mol. The summed E-state index contributed by atoms with van der Waals surface area (Å²) in [5.74, 6) is -0.172. The number of benzene rings is 2. The number of unbranched alkanes of at least 4 members (excludes halogenated alkanes) is 1. The van der Waals surface area contributed by atoms with Gasteiger partial charge in [0.15, 0.2) is 0 Å². The van der Waals surface area contributed by atoms with E-state index < -0.39 is 0 Å². The molecule has 8 nitrogen and oxygen atoms in total. The van der Waals surface area contributed by atoms with Gasteiger partial charge in [0, 0.05) is 32.0 Å². The predicted molar refractivity (Wildman–Crippen MR) is 165 cm³/mol. The summed E-state index contributed by atoms with van der Waals surface area (Å²) in [6.07, 6.45) is 4.03. The van der Waals surface area contributed by atoms with Crippen molar-refractivity contribution in [1.29, 1.82) is 0 Å². The van der Waals surface area contributed by atoms with Crippen molar-refractivity contribution in [3.05, 3.63) is 80.4 Å². The Hall–Kier alpha value is -3.58. The van der Waals surface area contributed by atoms with Gasteiger partial charge in [-0.05, 0) is 47.9 Å². The minimum atomic E-state index is -0.0859. The van der Waals surface area contributed by atoms with Crippen molar-refractivity contribution in [3.8, 4) is 0 Å². The fourth-order valence-electron chi connectivity index (χ4n) is 4.25. The van der Waals surface area contributed by atoms with Gasteiger partial charge in [-0.1, -0.05) is 59.1 Å². The molecule has 0 atom stereocenters. The van der Waals surface area contributed by atoms with Crippen LogP contribution in [0.2, 0.25) is 0 Å². The zero-order valence-electron chi connectivity index (χ0n) is 21.3. The maximum atomic E-state index is 12.5. The van der Waals surface area contributed by atoms with E-state index in [0.717, 1.165) is 56.2 Å². The Morgan fingerprint density at radius 1 is 0.600 bits per heavy atom. The minimum absolute atomic E-state index is 0.0859. The van der Waals surface area contributed by atoms with Crippen molar-refractivity contribution in [3.63, 3.8) is 0 Å². The van der Waals surface area contributed by atoms with Crippen LogP contribution in [0.25, 0.3) is 20.2 Å². The lowest BCUT2D eigenvalue weighted by Gasteiger charge is -1.99. The fourth-order valence-corrected chi connectivity index (χ4v) is 7.98. The number of hydrogen-bond donors (Lipinski definition) is 2. The summed E-state index contributed by atoms with van der Waals surface area (Å²) in [5.41, 5.74) is 0. The highest BCUT2D eigenvalue weighted by atomic mass is 32.1. The fraction of sp³-hybridized carbons (Fsp3) is 0.214. The molecule has 0 saturated carbocycles. The van der Waals surface area contributed by atoms with Crippen LogP contribution in [0.5, 0.6) is 0 Å². The Balaban J connectivity index is 0.912. The molecule has 0 spiro atoms. The number of carbonyl (C=O) groups excluding carboxylic acids is 2. The predicted octanol–water partition coefficient (Wildman–Crippen LogP) is 6.75. The molecule has 2 aromatic carbocycles. The van der Waals surface area contributed by atoms with E-state index in [1.54, 1.807) is 22.7 Å². The second-order valence-corrected chi connectivity index (χ2v) is 13.6. The molecule has 4 aromatic heterocycles. The number of carbonyl (C=O) groups is 2. The summed E-state index contributed by atoms with van der Waals surface area (Å²) >= 11 is 6.10. The second kappa shape index (κ2) is 12.3. The van der Waals surface area contributed by atoms with Crippen LogP contribution in [0.1, 0.15) is 32.6 Å². The van der Waals surface area contributed by atoms with Gasteiger partial charge in [-0.15, -0.1) is 43.1 Å². The van der Waals surface area contributed by atoms with E-state index in [9.17, 15) is 9.59 Å². The van der Waals surface area contributed by atoms with Crippen LogP contribution in [0.3, 0.4) is 0 Å². The van der Waals surface area contributed by atoms with Crippen LogP contribution in [0.4, 0.5) is 10.3 Å². The van der Waals surface area contributed by atoms with Crippen molar-refractivity contribution in [2.24, 2.45) is 0 Å². The Labute approximate surface area is 246 Å². The number of rotatable bonds is 11. The summed E-state index contributed by atoms with van der Waals surface area (Å²) in [7, 11) is 0. The normalized spacial score (nSPS) is 11.3. The highest BCUT2D eigenvalue weighted by Gasteiger charge is 2.13. The lowest BCUT2D eigenvalue weighted by atomic mass is 10.2. The summed E-state index contributed by atoms with van der Waals surface area (Å²) < 4.78 is 2.36. The van der Waals surface area contributed by atoms with Gasteiger partial charge in [0.25, 0.3) is 0 Å². The maximum Gasteiger partial charge on any atom is 0.231 e. The molecule has 2 N–H and O–H groups in total. The first-order chi connectivity index (χ1) is 19.6.